The molecule has 30 heavy (non-hydrogen) atoms. The van der Waals surface area contributed by atoms with Crippen LogP contribution in [0.4, 0.5) is 5.69 Å². The van der Waals surface area contributed by atoms with Crippen LogP contribution in [0, 0.1) is 6.92 Å². The van der Waals surface area contributed by atoms with Crippen molar-refractivity contribution in [3.8, 4) is 0 Å². The molecule has 0 unspecified atom stereocenters. The first-order chi connectivity index (χ1) is 14.4. The molecular formula is C21H15Cl2N5OS. The predicted octanol–water partition coefficient (Wildman–Crippen LogP) is 5.33. The number of halogens is 2. The van der Waals surface area contributed by atoms with E-state index in [4.69, 9.17) is 23.2 Å². The van der Waals surface area contributed by atoms with Crippen LogP contribution >= 0.6 is 35.0 Å². The Morgan fingerprint density at radius 3 is 2.73 bits per heavy atom. The molecule has 1 N–H and O–H groups in total. The number of hydrogen-bond donors (Lipinski definition) is 1. The van der Waals surface area contributed by atoms with E-state index in [0.717, 1.165) is 4.90 Å². The van der Waals surface area contributed by atoms with Gasteiger partial charge in [-0.25, -0.2) is 15.0 Å². The minimum absolute atomic E-state index is 0.200. The number of pyridine rings is 1. The maximum Gasteiger partial charge on any atom is 0.267 e. The lowest BCUT2D eigenvalue weighted by Gasteiger charge is -2.15. The average Bonchev–Trinajstić information content (AvgIpc) is 2.72. The van der Waals surface area contributed by atoms with E-state index in [0.29, 0.717) is 43.5 Å². The van der Waals surface area contributed by atoms with E-state index in [1.54, 1.807) is 31.5 Å². The summed E-state index contributed by atoms with van der Waals surface area (Å²) in [5, 5.41) is 4.62. The molecule has 0 spiro atoms. The van der Waals surface area contributed by atoms with Crippen molar-refractivity contribution < 1.29 is 0 Å². The van der Waals surface area contributed by atoms with Gasteiger partial charge >= 0.3 is 0 Å². The molecule has 0 aliphatic heterocycles. The maximum absolute atomic E-state index is 13.0. The van der Waals surface area contributed by atoms with E-state index in [-0.39, 0.29) is 5.56 Å². The first kappa shape index (κ1) is 20.4. The number of rotatable bonds is 5. The molecule has 0 saturated heterocycles. The van der Waals surface area contributed by atoms with E-state index >= 15 is 0 Å². The largest absolute Gasteiger partial charge is 0.354 e. The van der Waals surface area contributed by atoms with Crippen molar-refractivity contribution in [2.45, 2.75) is 16.8 Å². The monoisotopic (exact) mass is 455 g/mol. The van der Waals surface area contributed by atoms with Gasteiger partial charge in [-0.15, -0.1) is 0 Å². The number of nitrogens with zero attached hydrogens (tertiary/aromatic N) is 4. The van der Waals surface area contributed by atoms with E-state index in [9.17, 15) is 4.79 Å². The minimum Gasteiger partial charge on any atom is -0.354 e. The van der Waals surface area contributed by atoms with Crippen LogP contribution in [-0.2, 0) is 0 Å². The van der Waals surface area contributed by atoms with Crippen molar-refractivity contribution >= 4 is 52.0 Å². The molecule has 9 heteroatoms. The Labute approximate surface area is 186 Å². The summed E-state index contributed by atoms with van der Waals surface area (Å²) in [6.45, 7) is 5.83. The van der Waals surface area contributed by atoms with Gasteiger partial charge < -0.3 is 5.32 Å². The highest BCUT2D eigenvalue weighted by atomic mass is 35.5. The zero-order valence-corrected chi connectivity index (χ0v) is 18.1. The van der Waals surface area contributed by atoms with Crippen molar-refractivity contribution in [1.29, 1.82) is 0 Å². The van der Waals surface area contributed by atoms with Gasteiger partial charge in [0.25, 0.3) is 5.56 Å². The number of aryl methyl sites for hydroxylation is 1. The molecular weight excluding hydrogens is 441 g/mol. The van der Waals surface area contributed by atoms with Gasteiger partial charge in [0.1, 0.15) is 15.8 Å². The highest BCUT2D eigenvalue weighted by Gasteiger charge is 2.15. The quantitative estimate of drug-likeness (QED) is 0.438. The topological polar surface area (TPSA) is 72.2 Å². The van der Waals surface area contributed by atoms with Gasteiger partial charge in [0.2, 0.25) is 0 Å². The SMILES string of the molecule is C=C(Nc1cccc(Sc2cnc(Cl)cn2)c1Cl)c1c(C)nc2ccccn2c1=O. The number of anilines is 1. The molecule has 0 bridgehead atoms. The van der Waals surface area contributed by atoms with Gasteiger partial charge in [0.15, 0.2) is 0 Å². The average molecular weight is 456 g/mol. The Morgan fingerprint density at radius 1 is 1.13 bits per heavy atom. The Bertz CT molecular complexity index is 1320. The molecule has 3 aromatic heterocycles. The summed E-state index contributed by atoms with van der Waals surface area (Å²) in [6.07, 6.45) is 4.73. The Hall–Kier alpha value is -2.87. The summed E-state index contributed by atoms with van der Waals surface area (Å²) in [5.41, 5.74) is 2.40. The number of aromatic nitrogens is 4. The zero-order valence-electron chi connectivity index (χ0n) is 15.8. The molecule has 0 fully saturated rings. The summed E-state index contributed by atoms with van der Waals surface area (Å²) in [5.74, 6) is 0. The van der Waals surface area contributed by atoms with Crippen LogP contribution in [0.1, 0.15) is 11.3 Å². The Morgan fingerprint density at radius 2 is 1.97 bits per heavy atom. The molecule has 0 saturated carbocycles. The molecule has 1 aromatic carbocycles. The van der Waals surface area contributed by atoms with E-state index in [1.165, 1.54) is 22.4 Å². The minimum atomic E-state index is -0.200. The molecule has 0 aliphatic carbocycles. The normalized spacial score (nSPS) is 10.9. The first-order valence-corrected chi connectivity index (χ1v) is 10.4. The smallest absolute Gasteiger partial charge is 0.267 e. The van der Waals surface area contributed by atoms with E-state index in [2.05, 4.69) is 26.8 Å². The summed E-state index contributed by atoms with van der Waals surface area (Å²) >= 11 is 13.7. The van der Waals surface area contributed by atoms with E-state index in [1.807, 2.05) is 24.3 Å². The standard InChI is InChI=1S/C21H15Cl2N5OS/c1-12(19-13(2)27-17-8-3-4-9-28(17)21(19)29)26-14-6-5-7-15(20(14)23)30-18-11-24-16(22)10-25-18/h3-11,26H,1H2,2H3. The number of hydrogen-bond acceptors (Lipinski definition) is 6. The summed E-state index contributed by atoms with van der Waals surface area (Å²) in [4.78, 5) is 26.5. The summed E-state index contributed by atoms with van der Waals surface area (Å²) in [6, 6.07) is 10.9. The second-order valence-corrected chi connectivity index (χ2v) is 8.13. The lowest BCUT2D eigenvalue weighted by atomic mass is 10.1. The van der Waals surface area contributed by atoms with Crippen molar-refractivity contribution in [1.82, 2.24) is 19.4 Å². The van der Waals surface area contributed by atoms with Crippen molar-refractivity contribution in [3.63, 3.8) is 0 Å². The fourth-order valence-electron chi connectivity index (χ4n) is 2.92. The highest BCUT2D eigenvalue weighted by Crippen LogP contribution is 2.37. The third-order valence-electron chi connectivity index (χ3n) is 4.28. The molecule has 4 rings (SSSR count). The second kappa shape index (κ2) is 8.47. The summed E-state index contributed by atoms with van der Waals surface area (Å²) < 4.78 is 1.49. The predicted molar refractivity (Wildman–Crippen MR) is 121 cm³/mol. The number of benzene rings is 1. The first-order valence-electron chi connectivity index (χ1n) is 8.82. The fourth-order valence-corrected chi connectivity index (χ4v) is 4.09. The molecule has 0 aliphatic rings. The zero-order chi connectivity index (χ0) is 21.3. The highest BCUT2D eigenvalue weighted by molar-refractivity contribution is 7.99. The lowest BCUT2D eigenvalue weighted by molar-refractivity contribution is 1.00. The van der Waals surface area contributed by atoms with Gasteiger partial charge in [0.05, 0.1) is 34.4 Å². The molecule has 3 heterocycles. The van der Waals surface area contributed by atoms with Gasteiger partial charge in [-0.1, -0.05) is 53.7 Å². The van der Waals surface area contributed by atoms with Gasteiger partial charge in [-0.2, -0.15) is 0 Å². The molecule has 150 valence electrons. The van der Waals surface area contributed by atoms with Crippen molar-refractivity contribution in [2.75, 3.05) is 5.32 Å². The van der Waals surface area contributed by atoms with Crippen LogP contribution in [0.5, 0.6) is 0 Å². The Kier molecular flexibility index (Phi) is 5.76. The summed E-state index contributed by atoms with van der Waals surface area (Å²) in [7, 11) is 0. The molecule has 0 amide bonds. The second-order valence-electron chi connectivity index (χ2n) is 6.31. The Balaban J connectivity index is 1.65. The molecule has 4 aromatic rings. The van der Waals surface area contributed by atoms with Crippen LogP contribution in [0.25, 0.3) is 11.3 Å². The third kappa shape index (κ3) is 4.05. The van der Waals surface area contributed by atoms with Gasteiger partial charge in [-0.3, -0.25) is 9.20 Å². The lowest BCUT2D eigenvalue weighted by Crippen LogP contribution is -2.22. The number of fused-ring (bicyclic) bond motifs is 1. The van der Waals surface area contributed by atoms with Crippen LogP contribution in [-0.4, -0.2) is 19.4 Å². The maximum atomic E-state index is 13.0. The molecule has 6 nitrogen and oxygen atoms in total. The van der Waals surface area contributed by atoms with Crippen molar-refractivity contribution in [2.24, 2.45) is 0 Å². The fraction of sp³-hybridized carbons (Fsp3) is 0.0476. The van der Waals surface area contributed by atoms with Crippen LogP contribution in [0.3, 0.4) is 0 Å². The van der Waals surface area contributed by atoms with Gasteiger partial charge in [0, 0.05) is 16.8 Å². The van der Waals surface area contributed by atoms with Crippen LogP contribution in [0.15, 0.2) is 76.3 Å². The van der Waals surface area contributed by atoms with E-state index < -0.39 is 0 Å². The third-order valence-corrected chi connectivity index (χ3v) is 5.97. The molecule has 0 atom stereocenters. The van der Waals surface area contributed by atoms with Crippen LogP contribution in [0.2, 0.25) is 10.2 Å². The van der Waals surface area contributed by atoms with Gasteiger partial charge in [-0.05, 0) is 31.2 Å². The van der Waals surface area contributed by atoms with Crippen molar-refractivity contribution in [3.05, 3.63) is 93.4 Å². The molecule has 0 radical (unpaired) electrons. The van der Waals surface area contributed by atoms with Crippen LogP contribution < -0.4 is 10.9 Å². The number of nitrogens with one attached hydrogen (secondary N) is 1.